The molecule has 0 aromatic rings. The van der Waals surface area contributed by atoms with Crippen molar-refractivity contribution in [2.45, 2.75) is 58.4 Å². The number of likely N-dealkylation sites (N-methyl/N-ethyl adjacent to an activating group) is 1. The van der Waals surface area contributed by atoms with E-state index in [0.717, 1.165) is 95.9 Å². The molecule has 0 aliphatic carbocycles. The van der Waals surface area contributed by atoms with Gasteiger partial charge in [-0.2, -0.15) is 0 Å². The summed E-state index contributed by atoms with van der Waals surface area (Å²) in [6.45, 7) is 10.7. The maximum Gasteiger partial charge on any atom is 0.319 e. The zero-order valence-electron chi connectivity index (χ0n) is 24.9. The second-order valence-electron chi connectivity index (χ2n) is 11.3. The van der Waals surface area contributed by atoms with E-state index in [0.29, 0.717) is 12.5 Å². The fraction of sp³-hybridized carbons (Fsp3) is 0.733. The second-order valence-corrected chi connectivity index (χ2v) is 11.3. The first-order chi connectivity index (χ1) is 18.8. The van der Waals surface area contributed by atoms with Crippen molar-refractivity contribution in [1.82, 2.24) is 24.5 Å². The van der Waals surface area contributed by atoms with Gasteiger partial charge in [-0.15, -0.1) is 0 Å². The Balaban J connectivity index is 1.63. The first-order valence-corrected chi connectivity index (χ1v) is 14.8. The molecule has 3 saturated heterocycles. The highest BCUT2D eigenvalue weighted by atomic mass is 16.7. The molecule has 3 heterocycles. The Bertz CT molecular complexity index is 887. The van der Waals surface area contributed by atoms with Crippen LogP contribution in [0, 0.1) is 5.92 Å². The van der Waals surface area contributed by atoms with E-state index in [-0.39, 0.29) is 24.8 Å². The van der Waals surface area contributed by atoms with Gasteiger partial charge in [0.15, 0.2) is 11.5 Å². The summed E-state index contributed by atoms with van der Waals surface area (Å²) >= 11 is 0. The zero-order valence-corrected chi connectivity index (χ0v) is 24.9. The highest BCUT2D eigenvalue weighted by Gasteiger charge is 2.34. The van der Waals surface area contributed by atoms with Crippen molar-refractivity contribution in [3.05, 3.63) is 35.8 Å². The van der Waals surface area contributed by atoms with Crippen LogP contribution in [0.15, 0.2) is 35.8 Å². The summed E-state index contributed by atoms with van der Waals surface area (Å²) in [5.41, 5.74) is 0. The van der Waals surface area contributed by atoms with Crippen LogP contribution >= 0.6 is 0 Å². The third kappa shape index (κ3) is 9.57. The average Bonchev–Trinajstić information content (AvgIpc) is 3.61. The third-order valence-corrected chi connectivity index (χ3v) is 7.92. The largest absolute Gasteiger partial charge is 0.454 e. The average molecular weight is 546 g/mol. The second kappa shape index (κ2) is 15.9. The maximum atomic E-state index is 13.5. The van der Waals surface area contributed by atoms with E-state index in [1.165, 1.54) is 0 Å². The molecular weight excluding hydrogens is 494 g/mol. The van der Waals surface area contributed by atoms with Gasteiger partial charge in [-0.05, 0) is 77.7 Å². The van der Waals surface area contributed by atoms with Crippen molar-refractivity contribution in [1.29, 1.82) is 0 Å². The van der Waals surface area contributed by atoms with Gasteiger partial charge in [-0.25, -0.2) is 4.79 Å². The van der Waals surface area contributed by atoms with Gasteiger partial charge in [0.2, 0.25) is 12.7 Å². The summed E-state index contributed by atoms with van der Waals surface area (Å²) in [5, 5.41) is 0. The summed E-state index contributed by atoms with van der Waals surface area (Å²) in [6, 6.07) is 0.384. The van der Waals surface area contributed by atoms with Crippen molar-refractivity contribution in [2.24, 2.45) is 5.92 Å². The van der Waals surface area contributed by atoms with Gasteiger partial charge in [0, 0.05) is 52.4 Å². The molecule has 0 spiro atoms. The topological polar surface area (TPSA) is 68.8 Å². The number of allylic oxidation sites excluding steroid dienone is 3. The van der Waals surface area contributed by atoms with E-state index in [4.69, 9.17) is 9.47 Å². The number of rotatable bonds is 15. The van der Waals surface area contributed by atoms with E-state index in [1.807, 2.05) is 31.0 Å². The van der Waals surface area contributed by atoms with E-state index in [9.17, 15) is 9.59 Å². The normalized spacial score (nSPS) is 24.1. The fourth-order valence-electron chi connectivity index (χ4n) is 5.54. The molecule has 9 heteroatoms. The molecule has 3 aliphatic heterocycles. The molecule has 0 radical (unpaired) electrons. The SMILES string of the molecule is C/C=C1/OCO/C1=C/C=C/[C@@H]1C[C@H](CCN2CCN(C)C2=O)N(CC(=O)N(CCCC)CCCCN(C)C)C1. The number of carbonyl (C=O) groups is 2. The first kappa shape index (κ1) is 31.0. The minimum atomic E-state index is 0.112. The summed E-state index contributed by atoms with van der Waals surface area (Å²) < 4.78 is 11.0. The predicted octanol–water partition coefficient (Wildman–Crippen LogP) is 3.75. The minimum Gasteiger partial charge on any atom is -0.454 e. The Labute approximate surface area is 236 Å². The smallest absolute Gasteiger partial charge is 0.319 e. The van der Waals surface area contributed by atoms with Crippen molar-refractivity contribution in [3.63, 3.8) is 0 Å². The number of carbonyl (C=O) groups excluding carboxylic acids is 2. The molecule has 0 aromatic heterocycles. The van der Waals surface area contributed by atoms with Gasteiger partial charge in [-0.1, -0.05) is 25.5 Å². The lowest BCUT2D eigenvalue weighted by atomic mass is 10.0. The van der Waals surface area contributed by atoms with Gasteiger partial charge < -0.3 is 29.1 Å². The number of hydrogen-bond donors (Lipinski definition) is 0. The number of likely N-dealkylation sites (tertiary alicyclic amines) is 1. The Kier molecular flexibility index (Phi) is 12.7. The quantitative estimate of drug-likeness (QED) is 0.292. The lowest BCUT2D eigenvalue weighted by molar-refractivity contribution is -0.132. The van der Waals surface area contributed by atoms with Crippen LogP contribution < -0.4 is 0 Å². The van der Waals surface area contributed by atoms with E-state index >= 15 is 0 Å². The van der Waals surface area contributed by atoms with Crippen LogP contribution in [0.25, 0.3) is 0 Å². The van der Waals surface area contributed by atoms with Crippen LogP contribution in [0.1, 0.15) is 52.4 Å². The molecule has 9 nitrogen and oxygen atoms in total. The zero-order chi connectivity index (χ0) is 28.2. The molecule has 3 amide bonds. The number of unbranched alkanes of at least 4 members (excludes halogenated alkanes) is 2. The number of ether oxygens (including phenoxy) is 2. The van der Waals surface area contributed by atoms with Gasteiger partial charge in [-0.3, -0.25) is 9.69 Å². The molecule has 0 saturated carbocycles. The summed E-state index contributed by atoms with van der Waals surface area (Å²) in [4.78, 5) is 36.3. The summed E-state index contributed by atoms with van der Waals surface area (Å²) in [6.07, 6.45) is 14.3. The molecule has 0 aromatic carbocycles. The predicted molar refractivity (Wildman–Crippen MR) is 155 cm³/mol. The fourth-order valence-corrected chi connectivity index (χ4v) is 5.54. The Morgan fingerprint density at radius 1 is 1.08 bits per heavy atom. The molecule has 39 heavy (non-hydrogen) atoms. The van der Waals surface area contributed by atoms with Crippen LogP contribution in [0.2, 0.25) is 0 Å². The van der Waals surface area contributed by atoms with E-state index in [2.05, 4.69) is 47.9 Å². The lowest BCUT2D eigenvalue weighted by Crippen LogP contribution is -2.44. The van der Waals surface area contributed by atoms with E-state index < -0.39 is 0 Å². The molecule has 0 bridgehead atoms. The van der Waals surface area contributed by atoms with Crippen molar-refractivity contribution < 1.29 is 19.1 Å². The summed E-state index contributed by atoms with van der Waals surface area (Å²) in [7, 11) is 6.05. The molecule has 3 fully saturated rings. The molecule has 3 rings (SSSR count). The number of hydrogen-bond acceptors (Lipinski definition) is 6. The van der Waals surface area contributed by atoms with Crippen molar-refractivity contribution >= 4 is 11.9 Å². The van der Waals surface area contributed by atoms with Crippen LogP contribution in [-0.2, 0) is 14.3 Å². The third-order valence-electron chi connectivity index (χ3n) is 7.92. The van der Waals surface area contributed by atoms with Crippen LogP contribution in [0.4, 0.5) is 4.79 Å². The lowest BCUT2D eigenvalue weighted by Gasteiger charge is -2.29. The number of nitrogens with zero attached hydrogens (tertiary/aromatic N) is 5. The van der Waals surface area contributed by atoms with Crippen LogP contribution in [-0.4, -0.2) is 123 Å². The molecule has 0 unspecified atom stereocenters. The number of urea groups is 1. The molecular formula is C30H51N5O4. The van der Waals surface area contributed by atoms with Gasteiger partial charge in [0.1, 0.15) is 0 Å². The number of amides is 3. The van der Waals surface area contributed by atoms with E-state index in [1.54, 1.807) is 4.90 Å². The van der Waals surface area contributed by atoms with Crippen LogP contribution in [0.5, 0.6) is 0 Å². The first-order valence-electron chi connectivity index (χ1n) is 14.8. The minimum absolute atomic E-state index is 0.112. The van der Waals surface area contributed by atoms with Gasteiger partial charge in [0.05, 0.1) is 6.54 Å². The standard InChI is InChI=1S/C30H51N5O4/c1-6-8-16-33(17-10-9-15-31(3)4)29(36)23-35-22-25(12-11-13-28-27(7-2)38-24-39-28)21-26(35)14-18-34-20-19-32(5)30(34)37/h7,11-13,25-26H,6,8-10,14-24H2,1-5H3/b12-11+,27-7+,28-13+/t25-,26+/m1/s1. The monoisotopic (exact) mass is 545 g/mol. The molecule has 2 atom stereocenters. The van der Waals surface area contributed by atoms with Crippen LogP contribution in [0.3, 0.4) is 0 Å². The maximum absolute atomic E-state index is 13.5. The van der Waals surface area contributed by atoms with Gasteiger partial charge >= 0.3 is 6.03 Å². The Hall–Kier alpha value is -2.52. The van der Waals surface area contributed by atoms with Gasteiger partial charge in [0.25, 0.3) is 0 Å². The highest BCUT2D eigenvalue weighted by molar-refractivity contribution is 5.78. The Morgan fingerprint density at radius 3 is 2.51 bits per heavy atom. The molecule has 3 aliphatic rings. The summed E-state index contributed by atoms with van der Waals surface area (Å²) in [5.74, 6) is 2.11. The van der Waals surface area contributed by atoms with Crippen molar-refractivity contribution in [2.75, 3.05) is 80.3 Å². The molecule has 220 valence electrons. The highest BCUT2D eigenvalue weighted by Crippen LogP contribution is 2.28. The Morgan fingerprint density at radius 2 is 1.82 bits per heavy atom. The van der Waals surface area contributed by atoms with Crippen molar-refractivity contribution in [3.8, 4) is 0 Å². The molecule has 0 N–H and O–H groups in total.